The second-order valence-electron chi connectivity index (χ2n) is 7.69. The molecule has 1 aromatic heterocycles. The van der Waals surface area contributed by atoms with Gasteiger partial charge in [0.05, 0.1) is 4.90 Å². The maximum Gasteiger partial charge on any atom is 0.243 e. The van der Waals surface area contributed by atoms with Gasteiger partial charge in [0.25, 0.3) is 0 Å². The van der Waals surface area contributed by atoms with Crippen LogP contribution in [0.4, 0.5) is 0 Å². The van der Waals surface area contributed by atoms with Crippen molar-refractivity contribution < 1.29 is 8.42 Å². The van der Waals surface area contributed by atoms with Gasteiger partial charge in [-0.2, -0.15) is 4.31 Å². The lowest BCUT2D eigenvalue weighted by Gasteiger charge is -2.31. The van der Waals surface area contributed by atoms with Crippen molar-refractivity contribution in [1.29, 1.82) is 0 Å². The fraction of sp³-hybridized carbons (Fsp3) is 0.579. The summed E-state index contributed by atoms with van der Waals surface area (Å²) in [6, 6.07) is 7.10. The minimum atomic E-state index is -3.47. The van der Waals surface area contributed by atoms with Crippen LogP contribution in [0.25, 0.3) is 0 Å². The molecule has 0 radical (unpaired) electrons. The Morgan fingerprint density at radius 3 is 2.59 bits per heavy atom. The van der Waals surface area contributed by atoms with E-state index in [1.165, 1.54) is 0 Å². The molecule has 27 heavy (non-hydrogen) atoms. The predicted molar refractivity (Wildman–Crippen MR) is 103 cm³/mol. The fourth-order valence-corrected chi connectivity index (χ4v) is 5.51. The highest BCUT2D eigenvalue weighted by Gasteiger charge is 2.33. The Balaban J connectivity index is 1.57. The summed E-state index contributed by atoms with van der Waals surface area (Å²) in [7, 11) is -1.35. The van der Waals surface area contributed by atoms with E-state index in [0.717, 1.165) is 56.1 Å². The van der Waals surface area contributed by atoms with Crippen LogP contribution in [0.5, 0.6) is 0 Å². The van der Waals surface area contributed by atoms with Crippen molar-refractivity contribution in [2.24, 2.45) is 0 Å². The van der Waals surface area contributed by atoms with Gasteiger partial charge in [-0.25, -0.2) is 8.42 Å². The third kappa shape index (κ3) is 3.66. The molecule has 3 heterocycles. The minimum absolute atomic E-state index is 0.101. The van der Waals surface area contributed by atoms with Crippen LogP contribution in [-0.2, 0) is 23.0 Å². The number of sulfonamides is 1. The molecule has 4 rings (SSSR count). The first kappa shape index (κ1) is 18.6. The van der Waals surface area contributed by atoms with E-state index in [0.29, 0.717) is 18.0 Å². The van der Waals surface area contributed by atoms with E-state index in [4.69, 9.17) is 0 Å². The number of aromatic nitrogens is 3. The Morgan fingerprint density at radius 2 is 1.81 bits per heavy atom. The largest absolute Gasteiger partial charge is 0.313 e. The number of fused-ring (bicyclic) bond motifs is 1. The third-order valence-electron chi connectivity index (χ3n) is 5.69. The van der Waals surface area contributed by atoms with Crippen molar-refractivity contribution >= 4 is 10.0 Å². The van der Waals surface area contributed by atoms with Crippen LogP contribution in [0.3, 0.4) is 0 Å². The van der Waals surface area contributed by atoms with Crippen LogP contribution in [0, 0.1) is 6.92 Å². The van der Waals surface area contributed by atoms with Gasteiger partial charge in [-0.15, -0.1) is 10.2 Å². The highest BCUT2D eigenvalue weighted by Crippen LogP contribution is 2.30. The summed E-state index contributed by atoms with van der Waals surface area (Å²) < 4.78 is 30.0. The van der Waals surface area contributed by atoms with Gasteiger partial charge in [-0.05, 0) is 38.9 Å². The van der Waals surface area contributed by atoms with Crippen LogP contribution >= 0.6 is 0 Å². The lowest BCUT2D eigenvalue weighted by atomic mass is 9.99. The summed E-state index contributed by atoms with van der Waals surface area (Å²) in [4.78, 5) is 2.67. The number of hydrogen-bond acceptors (Lipinski definition) is 5. The average Bonchev–Trinajstić information content (AvgIpc) is 2.99. The lowest BCUT2D eigenvalue weighted by Crippen LogP contribution is -2.39. The van der Waals surface area contributed by atoms with E-state index in [9.17, 15) is 8.42 Å². The first-order valence-electron chi connectivity index (χ1n) is 9.62. The molecule has 0 saturated carbocycles. The Kier molecular flexibility index (Phi) is 5.05. The Labute approximate surface area is 161 Å². The van der Waals surface area contributed by atoms with Crippen LogP contribution in [0.15, 0.2) is 29.2 Å². The molecule has 1 atom stereocenters. The molecule has 2 aliphatic rings. The highest BCUT2D eigenvalue weighted by atomic mass is 32.2. The van der Waals surface area contributed by atoms with E-state index < -0.39 is 10.0 Å². The van der Waals surface area contributed by atoms with Gasteiger partial charge in [0, 0.05) is 45.1 Å². The summed E-state index contributed by atoms with van der Waals surface area (Å²) in [5, 5.41) is 8.86. The number of rotatable bonds is 3. The van der Waals surface area contributed by atoms with E-state index in [2.05, 4.69) is 26.7 Å². The molecule has 8 heteroatoms. The van der Waals surface area contributed by atoms with E-state index in [1.807, 2.05) is 19.1 Å². The van der Waals surface area contributed by atoms with Gasteiger partial charge >= 0.3 is 0 Å². The number of likely N-dealkylation sites (N-methyl/N-ethyl adjacent to an activating group) is 1. The van der Waals surface area contributed by atoms with Gasteiger partial charge < -0.3 is 9.47 Å². The molecule has 0 bridgehead atoms. The molecular formula is C19H27N5O2S. The molecule has 7 nitrogen and oxygen atoms in total. The topological polar surface area (TPSA) is 71.3 Å². The van der Waals surface area contributed by atoms with Gasteiger partial charge in [0.15, 0.2) is 0 Å². The zero-order chi connectivity index (χ0) is 19.0. The molecule has 0 amide bonds. The maximum atomic E-state index is 13.1. The van der Waals surface area contributed by atoms with Crippen molar-refractivity contribution in [2.45, 2.75) is 43.5 Å². The van der Waals surface area contributed by atoms with Crippen LogP contribution in [0.2, 0.25) is 0 Å². The van der Waals surface area contributed by atoms with Crippen molar-refractivity contribution in [2.75, 3.05) is 33.2 Å². The quantitative estimate of drug-likeness (QED) is 0.798. The minimum Gasteiger partial charge on any atom is -0.313 e. The van der Waals surface area contributed by atoms with Crippen LogP contribution in [0.1, 0.15) is 36.0 Å². The Hall–Kier alpha value is -1.77. The first-order valence-corrected chi connectivity index (χ1v) is 11.1. The Bertz CT molecular complexity index is 907. The van der Waals surface area contributed by atoms with Crippen molar-refractivity contribution in [3.8, 4) is 0 Å². The smallest absolute Gasteiger partial charge is 0.243 e. The summed E-state index contributed by atoms with van der Waals surface area (Å²) in [5.41, 5.74) is 1.06. The molecule has 2 aliphatic heterocycles. The van der Waals surface area contributed by atoms with Gasteiger partial charge in [-0.1, -0.05) is 17.7 Å². The standard InChI is InChI=1S/C19H27N5O2S/c1-15-5-7-17(8-6-15)27(25,26)23-10-3-4-16(14-23)19-21-20-18-9-11-22(2)12-13-24(18)19/h5-8,16H,3-4,9-14H2,1-2H3/t16-/m1/s1. The molecule has 1 aromatic carbocycles. The second-order valence-corrected chi connectivity index (χ2v) is 9.63. The number of nitrogens with zero attached hydrogens (tertiary/aromatic N) is 5. The molecule has 146 valence electrons. The third-order valence-corrected chi connectivity index (χ3v) is 7.57. The highest BCUT2D eigenvalue weighted by molar-refractivity contribution is 7.89. The Morgan fingerprint density at radius 1 is 1.04 bits per heavy atom. The molecule has 0 N–H and O–H groups in total. The van der Waals surface area contributed by atoms with Crippen molar-refractivity contribution in [3.63, 3.8) is 0 Å². The summed E-state index contributed by atoms with van der Waals surface area (Å²) in [5.74, 6) is 2.07. The maximum absolute atomic E-state index is 13.1. The van der Waals surface area contributed by atoms with E-state index in [1.54, 1.807) is 16.4 Å². The van der Waals surface area contributed by atoms with Crippen molar-refractivity contribution in [3.05, 3.63) is 41.5 Å². The van der Waals surface area contributed by atoms with Gasteiger partial charge in [0.1, 0.15) is 11.6 Å². The number of aryl methyl sites for hydroxylation is 1. The van der Waals surface area contributed by atoms with E-state index >= 15 is 0 Å². The zero-order valence-electron chi connectivity index (χ0n) is 16.0. The molecule has 2 aromatic rings. The predicted octanol–water partition coefficient (Wildman–Crippen LogP) is 1.64. The second kappa shape index (κ2) is 7.33. The van der Waals surface area contributed by atoms with Gasteiger partial charge in [-0.3, -0.25) is 0 Å². The zero-order valence-corrected chi connectivity index (χ0v) is 16.8. The first-order chi connectivity index (χ1) is 12.9. The molecule has 1 fully saturated rings. The monoisotopic (exact) mass is 389 g/mol. The summed E-state index contributed by atoms with van der Waals surface area (Å²) in [6.45, 7) is 5.82. The summed E-state index contributed by atoms with van der Waals surface area (Å²) >= 11 is 0. The van der Waals surface area contributed by atoms with Crippen molar-refractivity contribution in [1.82, 2.24) is 24.0 Å². The molecule has 0 unspecified atom stereocenters. The van der Waals surface area contributed by atoms with Gasteiger partial charge in [0.2, 0.25) is 10.0 Å². The number of piperidine rings is 1. The fourth-order valence-electron chi connectivity index (χ4n) is 3.98. The number of hydrogen-bond donors (Lipinski definition) is 0. The SMILES string of the molecule is Cc1ccc(S(=O)(=O)N2CCC[C@@H](c3nnc4n3CCN(C)CC4)C2)cc1. The average molecular weight is 390 g/mol. The van der Waals surface area contributed by atoms with E-state index in [-0.39, 0.29) is 5.92 Å². The summed E-state index contributed by atoms with van der Waals surface area (Å²) in [6.07, 6.45) is 2.69. The molecule has 0 aliphatic carbocycles. The van der Waals surface area contributed by atoms with Crippen LogP contribution in [-0.4, -0.2) is 65.6 Å². The molecular weight excluding hydrogens is 362 g/mol. The lowest BCUT2D eigenvalue weighted by molar-refractivity contribution is 0.299. The molecule has 0 spiro atoms. The van der Waals surface area contributed by atoms with Crippen LogP contribution < -0.4 is 0 Å². The number of benzene rings is 1. The normalized spacial score (nSPS) is 22.4. The molecule has 1 saturated heterocycles.